The molecule has 1 unspecified atom stereocenters. The van der Waals surface area contributed by atoms with Crippen LogP contribution in [0.15, 0.2) is 0 Å². The quantitative estimate of drug-likeness (QED) is 0.666. The van der Waals surface area contributed by atoms with E-state index >= 15 is 0 Å². The Labute approximate surface area is 101 Å². The van der Waals surface area contributed by atoms with E-state index in [1.807, 2.05) is 0 Å². The molecule has 0 aromatic heterocycles. The number of hydrogen-bond acceptors (Lipinski definition) is 4. The van der Waals surface area contributed by atoms with Crippen LogP contribution >= 0.6 is 0 Å². The second-order valence-electron chi connectivity index (χ2n) is 5.22. The number of hydrogen-bond donors (Lipinski definition) is 3. The lowest BCUT2D eigenvalue weighted by Crippen LogP contribution is -2.52. The highest BCUT2D eigenvalue weighted by molar-refractivity contribution is 5.73. The molecule has 0 aromatic carbocycles. The largest absolute Gasteiger partial charge is 0.480 e. The van der Waals surface area contributed by atoms with Crippen molar-refractivity contribution in [1.29, 1.82) is 0 Å². The zero-order valence-corrected chi connectivity index (χ0v) is 10.4. The molecule has 0 aromatic rings. The number of carbonyl (C=O) groups is 2. The minimum absolute atomic E-state index is 0.0690. The first kappa shape index (κ1) is 13.8. The number of carboxylic acids is 1. The van der Waals surface area contributed by atoms with Gasteiger partial charge in [0.1, 0.15) is 11.6 Å². The molecule has 0 saturated carbocycles. The summed E-state index contributed by atoms with van der Waals surface area (Å²) >= 11 is 0. The molecule has 6 heteroatoms. The summed E-state index contributed by atoms with van der Waals surface area (Å²) in [6.07, 6.45) is 0.692. The molecule has 1 rings (SSSR count). The molecule has 1 saturated heterocycles. The van der Waals surface area contributed by atoms with Crippen LogP contribution in [-0.4, -0.2) is 41.4 Å². The molecule has 2 atom stereocenters. The average Bonchev–Trinajstić information content (AvgIpc) is 2.15. The molecule has 1 aliphatic heterocycles. The monoisotopic (exact) mass is 244 g/mol. The van der Waals surface area contributed by atoms with Crippen LogP contribution in [-0.2, 0) is 9.53 Å². The highest BCUT2D eigenvalue weighted by Gasteiger charge is 2.27. The zero-order valence-electron chi connectivity index (χ0n) is 10.4. The van der Waals surface area contributed by atoms with Crippen molar-refractivity contribution in [2.75, 3.05) is 6.54 Å². The number of nitrogens with one attached hydrogen (secondary N) is 2. The summed E-state index contributed by atoms with van der Waals surface area (Å²) in [5, 5.41) is 14.4. The van der Waals surface area contributed by atoms with Crippen LogP contribution in [0.3, 0.4) is 0 Å². The Morgan fingerprint density at radius 3 is 2.41 bits per heavy atom. The Kier molecular flexibility index (Phi) is 4.34. The second-order valence-corrected chi connectivity index (χ2v) is 5.22. The predicted octanol–water partition coefficient (Wildman–Crippen LogP) is 0.716. The summed E-state index contributed by atoms with van der Waals surface area (Å²) < 4.78 is 5.12. The van der Waals surface area contributed by atoms with Crippen molar-refractivity contribution in [3.63, 3.8) is 0 Å². The Balaban J connectivity index is 2.31. The SMILES string of the molecule is CC(C)(C)OC(=O)NC1CC[C@H](C(=O)O)NC1. The van der Waals surface area contributed by atoms with E-state index in [4.69, 9.17) is 9.84 Å². The minimum atomic E-state index is -0.847. The van der Waals surface area contributed by atoms with Crippen LogP contribution in [0, 0.1) is 0 Å². The average molecular weight is 244 g/mol. The van der Waals surface area contributed by atoms with Gasteiger partial charge in [-0.15, -0.1) is 0 Å². The topological polar surface area (TPSA) is 87.7 Å². The van der Waals surface area contributed by atoms with E-state index in [0.29, 0.717) is 19.4 Å². The molecular formula is C11H20N2O4. The Morgan fingerprint density at radius 1 is 1.35 bits per heavy atom. The molecule has 98 valence electrons. The number of alkyl carbamates (subject to hydrolysis) is 1. The molecule has 0 spiro atoms. The van der Waals surface area contributed by atoms with Gasteiger partial charge in [0.05, 0.1) is 0 Å². The molecule has 1 fully saturated rings. The van der Waals surface area contributed by atoms with Crippen LogP contribution in [0.25, 0.3) is 0 Å². The maximum Gasteiger partial charge on any atom is 0.407 e. The summed E-state index contributed by atoms with van der Waals surface area (Å²) in [5.74, 6) is -0.847. The van der Waals surface area contributed by atoms with E-state index < -0.39 is 23.7 Å². The molecule has 1 heterocycles. The number of aliphatic carboxylic acids is 1. The fourth-order valence-corrected chi connectivity index (χ4v) is 1.66. The van der Waals surface area contributed by atoms with Gasteiger partial charge in [-0.1, -0.05) is 0 Å². The third kappa shape index (κ3) is 5.04. The van der Waals surface area contributed by atoms with Crippen LogP contribution in [0.4, 0.5) is 4.79 Å². The van der Waals surface area contributed by atoms with Gasteiger partial charge in [-0.25, -0.2) is 4.79 Å². The van der Waals surface area contributed by atoms with Gasteiger partial charge in [0, 0.05) is 12.6 Å². The van der Waals surface area contributed by atoms with E-state index in [0.717, 1.165) is 0 Å². The molecule has 1 aliphatic rings. The van der Waals surface area contributed by atoms with E-state index in [-0.39, 0.29) is 6.04 Å². The summed E-state index contributed by atoms with van der Waals surface area (Å²) in [5.41, 5.74) is -0.518. The van der Waals surface area contributed by atoms with E-state index in [1.54, 1.807) is 20.8 Å². The first-order valence-electron chi connectivity index (χ1n) is 5.73. The number of carbonyl (C=O) groups excluding carboxylic acids is 1. The third-order valence-corrected chi connectivity index (χ3v) is 2.43. The molecular weight excluding hydrogens is 224 g/mol. The van der Waals surface area contributed by atoms with Crippen molar-refractivity contribution in [3.8, 4) is 0 Å². The highest BCUT2D eigenvalue weighted by atomic mass is 16.6. The van der Waals surface area contributed by atoms with Gasteiger partial charge in [-0.3, -0.25) is 4.79 Å². The summed E-state index contributed by atoms with van der Waals surface area (Å²) in [6, 6.07) is -0.577. The van der Waals surface area contributed by atoms with Crippen molar-refractivity contribution < 1.29 is 19.4 Å². The lowest BCUT2D eigenvalue weighted by atomic mass is 10.0. The van der Waals surface area contributed by atoms with Crippen LogP contribution in [0.5, 0.6) is 0 Å². The summed E-state index contributed by atoms with van der Waals surface area (Å²) in [6.45, 7) is 5.85. The highest BCUT2D eigenvalue weighted by Crippen LogP contribution is 2.10. The smallest absolute Gasteiger partial charge is 0.407 e. The van der Waals surface area contributed by atoms with Crippen molar-refractivity contribution in [3.05, 3.63) is 0 Å². The third-order valence-electron chi connectivity index (χ3n) is 2.43. The van der Waals surface area contributed by atoms with Crippen molar-refractivity contribution in [2.45, 2.75) is 51.3 Å². The molecule has 0 bridgehead atoms. The van der Waals surface area contributed by atoms with Gasteiger partial charge in [0.2, 0.25) is 0 Å². The molecule has 1 amide bonds. The summed E-state index contributed by atoms with van der Waals surface area (Å²) in [7, 11) is 0. The van der Waals surface area contributed by atoms with E-state index in [1.165, 1.54) is 0 Å². The summed E-state index contributed by atoms with van der Waals surface area (Å²) in [4.78, 5) is 22.2. The molecule has 3 N–H and O–H groups in total. The van der Waals surface area contributed by atoms with Crippen LogP contribution in [0.1, 0.15) is 33.6 Å². The van der Waals surface area contributed by atoms with Gasteiger partial charge >= 0.3 is 12.1 Å². The Morgan fingerprint density at radius 2 is 2.00 bits per heavy atom. The Hall–Kier alpha value is -1.30. The van der Waals surface area contributed by atoms with Crippen LogP contribution < -0.4 is 10.6 Å². The van der Waals surface area contributed by atoms with Crippen molar-refractivity contribution in [2.24, 2.45) is 0 Å². The normalized spacial score (nSPS) is 25.1. The number of carboxylic acid groups (broad SMARTS) is 1. The maximum absolute atomic E-state index is 11.5. The lowest BCUT2D eigenvalue weighted by Gasteiger charge is -2.29. The lowest BCUT2D eigenvalue weighted by molar-refractivity contribution is -0.140. The van der Waals surface area contributed by atoms with Gasteiger partial charge in [0.25, 0.3) is 0 Å². The predicted molar refractivity (Wildman–Crippen MR) is 61.8 cm³/mol. The standard InChI is InChI=1S/C11H20N2O4/c1-11(2,3)17-10(16)13-7-4-5-8(9(14)15)12-6-7/h7-8,12H,4-6H2,1-3H3,(H,13,16)(H,14,15)/t7?,8-/m1/s1. The van der Waals surface area contributed by atoms with Gasteiger partial charge in [-0.2, -0.15) is 0 Å². The fourth-order valence-electron chi connectivity index (χ4n) is 1.66. The van der Waals surface area contributed by atoms with Gasteiger partial charge in [0.15, 0.2) is 0 Å². The molecule has 0 aliphatic carbocycles. The van der Waals surface area contributed by atoms with Gasteiger partial charge in [-0.05, 0) is 33.6 Å². The Bertz CT molecular complexity index is 290. The zero-order chi connectivity index (χ0) is 13.1. The first-order chi connectivity index (χ1) is 7.78. The molecule has 17 heavy (non-hydrogen) atoms. The first-order valence-corrected chi connectivity index (χ1v) is 5.73. The number of rotatable bonds is 2. The minimum Gasteiger partial charge on any atom is -0.480 e. The fraction of sp³-hybridized carbons (Fsp3) is 0.818. The maximum atomic E-state index is 11.5. The van der Waals surface area contributed by atoms with E-state index in [2.05, 4.69) is 10.6 Å². The number of amides is 1. The second kappa shape index (κ2) is 5.35. The van der Waals surface area contributed by atoms with Crippen LogP contribution in [0.2, 0.25) is 0 Å². The van der Waals surface area contributed by atoms with E-state index in [9.17, 15) is 9.59 Å². The van der Waals surface area contributed by atoms with Crippen molar-refractivity contribution >= 4 is 12.1 Å². The molecule has 6 nitrogen and oxygen atoms in total. The number of ether oxygens (including phenoxy) is 1. The number of piperidine rings is 1. The van der Waals surface area contributed by atoms with Crippen molar-refractivity contribution in [1.82, 2.24) is 10.6 Å². The van der Waals surface area contributed by atoms with Gasteiger partial charge < -0.3 is 20.5 Å². The molecule has 0 radical (unpaired) electrons.